The van der Waals surface area contributed by atoms with Gasteiger partial charge in [-0.25, -0.2) is 4.39 Å². The summed E-state index contributed by atoms with van der Waals surface area (Å²) >= 11 is 0. The Morgan fingerprint density at radius 2 is 2.13 bits per heavy atom. The molecule has 0 spiro atoms. The van der Waals surface area contributed by atoms with Crippen LogP contribution in [0.1, 0.15) is 12.5 Å². The van der Waals surface area contributed by atoms with Crippen molar-refractivity contribution in [3.8, 4) is 0 Å². The summed E-state index contributed by atoms with van der Waals surface area (Å²) < 4.78 is 13.1. The van der Waals surface area contributed by atoms with Crippen LogP contribution in [0.3, 0.4) is 0 Å². The van der Waals surface area contributed by atoms with Gasteiger partial charge in [0.25, 0.3) is 0 Å². The normalized spacial score (nSPS) is 10.0. The van der Waals surface area contributed by atoms with E-state index in [-0.39, 0.29) is 24.8 Å². The standard InChI is InChI=1S/C11H15FN2O/c1-2-13-8-11(15)14-7-9-5-3-4-6-10(9)12/h3-6,13H,2,7-8H2,1H3,(H,14,15). The van der Waals surface area contributed by atoms with E-state index in [9.17, 15) is 9.18 Å². The number of likely N-dealkylation sites (N-methyl/N-ethyl adjacent to an activating group) is 1. The molecule has 0 aliphatic rings. The van der Waals surface area contributed by atoms with Crippen molar-refractivity contribution in [1.82, 2.24) is 10.6 Å². The first kappa shape index (κ1) is 11.7. The molecule has 82 valence electrons. The van der Waals surface area contributed by atoms with Crippen molar-refractivity contribution >= 4 is 5.91 Å². The van der Waals surface area contributed by atoms with Crippen molar-refractivity contribution in [3.63, 3.8) is 0 Å². The van der Waals surface area contributed by atoms with E-state index in [4.69, 9.17) is 0 Å². The zero-order chi connectivity index (χ0) is 11.1. The van der Waals surface area contributed by atoms with E-state index in [0.717, 1.165) is 6.54 Å². The SMILES string of the molecule is CCNCC(=O)NCc1ccccc1F. The molecule has 0 saturated carbocycles. The maximum atomic E-state index is 13.1. The number of carbonyl (C=O) groups excluding carboxylic acids is 1. The topological polar surface area (TPSA) is 41.1 Å². The number of benzene rings is 1. The van der Waals surface area contributed by atoms with Gasteiger partial charge in [-0.2, -0.15) is 0 Å². The Hall–Kier alpha value is -1.42. The molecule has 0 atom stereocenters. The van der Waals surface area contributed by atoms with Crippen LogP contribution in [-0.2, 0) is 11.3 Å². The number of nitrogens with one attached hydrogen (secondary N) is 2. The second-order valence-electron chi connectivity index (χ2n) is 3.15. The fourth-order valence-corrected chi connectivity index (χ4v) is 1.14. The summed E-state index contributed by atoms with van der Waals surface area (Å²) in [6.07, 6.45) is 0. The van der Waals surface area contributed by atoms with Gasteiger partial charge in [0.05, 0.1) is 6.54 Å². The van der Waals surface area contributed by atoms with Crippen LogP contribution in [0.2, 0.25) is 0 Å². The molecule has 0 unspecified atom stereocenters. The molecular weight excluding hydrogens is 195 g/mol. The number of hydrogen-bond donors (Lipinski definition) is 2. The lowest BCUT2D eigenvalue weighted by Gasteiger charge is -2.06. The van der Waals surface area contributed by atoms with E-state index in [0.29, 0.717) is 5.56 Å². The summed E-state index contributed by atoms with van der Waals surface area (Å²) in [5, 5.41) is 5.53. The van der Waals surface area contributed by atoms with Crippen LogP contribution in [0.5, 0.6) is 0 Å². The van der Waals surface area contributed by atoms with Gasteiger partial charge in [0.15, 0.2) is 0 Å². The summed E-state index contributed by atoms with van der Waals surface area (Å²) in [4.78, 5) is 11.2. The minimum Gasteiger partial charge on any atom is -0.351 e. The Kier molecular flexibility index (Phi) is 4.77. The van der Waals surface area contributed by atoms with Crippen molar-refractivity contribution in [2.24, 2.45) is 0 Å². The molecule has 0 fully saturated rings. The lowest BCUT2D eigenvalue weighted by Crippen LogP contribution is -2.33. The first-order valence-corrected chi connectivity index (χ1v) is 4.95. The molecule has 3 nitrogen and oxygen atoms in total. The smallest absolute Gasteiger partial charge is 0.234 e. The lowest BCUT2D eigenvalue weighted by molar-refractivity contribution is -0.120. The van der Waals surface area contributed by atoms with Crippen LogP contribution in [0.4, 0.5) is 4.39 Å². The third-order valence-electron chi connectivity index (χ3n) is 1.97. The summed E-state index contributed by atoms with van der Waals surface area (Å²) in [5.74, 6) is -0.415. The number of carbonyl (C=O) groups is 1. The molecule has 4 heteroatoms. The highest BCUT2D eigenvalue weighted by Crippen LogP contribution is 2.04. The molecule has 1 amide bonds. The summed E-state index contributed by atoms with van der Waals surface area (Å²) in [6.45, 7) is 3.17. The predicted molar refractivity (Wildman–Crippen MR) is 56.8 cm³/mol. The van der Waals surface area contributed by atoms with Gasteiger partial charge in [0, 0.05) is 12.1 Å². The van der Waals surface area contributed by atoms with Crippen LogP contribution < -0.4 is 10.6 Å². The average molecular weight is 210 g/mol. The molecular formula is C11H15FN2O. The third kappa shape index (κ3) is 4.08. The van der Waals surface area contributed by atoms with Gasteiger partial charge in [-0.15, -0.1) is 0 Å². The highest BCUT2D eigenvalue weighted by Gasteiger charge is 2.03. The molecule has 1 aromatic carbocycles. The number of amides is 1. The van der Waals surface area contributed by atoms with Gasteiger partial charge in [0.2, 0.25) is 5.91 Å². The number of rotatable bonds is 5. The monoisotopic (exact) mass is 210 g/mol. The lowest BCUT2D eigenvalue weighted by atomic mass is 10.2. The van der Waals surface area contributed by atoms with Gasteiger partial charge in [-0.1, -0.05) is 25.1 Å². The van der Waals surface area contributed by atoms with Crippen molar-refractivity contribution in [2.45, 2.75) is 13.5 Å². The van der Waals surface area contributed by atoms with E-state index in [1.807, 2.05) is 6.92 Å². The third-order valence-corrected chi connectivity index (χ3v) is 1.97. The minimum absolute atomic E-state index is 0.125. The molecule has 0 heterocycles. The van der Waals surface area contributed by atoms with E-state index in [1.54, 1.807) is 18.2 Å². The van der Waals surface area contributed by atoms with Crippen molar-refractivity contribution in [2.75, 3.05) is 13.1 Å². The van der Waals surface area contributed by atoms with Crippen molar-refractivity contribution in [1.29, 1.82) is 0 Å². The molecule has 1 aromatic rings. The Morgan fingerprint density at radius 1 is 1.40 bits per heavy atom. The Morgan fingerprint density at radius 3 is 2.80 bits per heavy atom. The van der Waals surface area contributed by atoms with Gasteiger partial charge in [-0.3, -0.25) is 4.79 Å². The summed E-state index contributed by atoms with van der Waals surface area (Å²) in [6, 6.07) is 6.41. The second kappa shape index (κ2) is 6.14. The van der Waals surface area contributed by atoms with Crippen molar-refractivity contribution in [3.05, 3.63) is 35.6 Å². The van der Waals surface area contributed by atoms with Crippen molar-refractivity contribution < 1.29 is 9.18 Å². The molecule has 1 rings (SSSR count). The van der Waals surface area contributed by atoms with E-state index >= 15 is 0 Å². The molecule has 0 bridgehead atoms. The fourth-order valence-electron chi connectivity index (χ4n) is 1.14. The van der Waals surface area contributed by atoms with Gasteiger partial charge in [0.1, 0.15) is 5.82 Å². The second-order valence-corrected chi connectivity index (χ2v) is 3.15. The van der Waals surface area contributed by atoms with Gasteiger partial charge in [-0.05, 0) is 12.6 Å². The highest BCUT2D eigenvalue weighted by atomic mass is 19.1. The van der Waals surface area contributed by atoms with E-state index < -0.39 is 0 Å². The highest BCUT2D eigenvalue weighted by molar-refractivity contribution is 5.77. The molecule has 0 aliphatic heterocycles. The molecule has 0 aromatic heterocycles. The van der Waals surface area contributed by atoms with E-state index in [2.05, 4.69) is 10.6 Å². The Labute approximate surface area is 88.7 Å². The number of hydrogen-bond acceptors (Lipinski definition) is 2. The van der Waals surface area contributed by atoms with Gasteiger partial charge >= 0.3 is 0 Å². The largest absolute Gasteiger partial charge is 0.351 e. The quantitative estimate of drug-likeness (QED) is 0.762. The fraction of sp³-hybridized carbons (Fsp3) is 0.364. The first-order valence-electron chi connectivity index (χ1n) is 4.95. The zero-order valence-corrected chi connectivity index (χ0v) is 8.72. The van der Waals surface area contributed by atoms with Crippen LogP contribution in [0.25, 0.3) is 0 Å². The van der Waals surface area contributed by atoms with Crippen LogP contribution in [-0.4, -0.2) is 19.0 Å². The molecule has 0 radical (unpaired) electrons. The maximum Gasteiger partial charge on any atom is 0.234 e. The Bertz CT molecular complexity index is 328. The molecule has 15 heavy (non-hydrogen) atoms. The maximum absolute atomic E-state index is 13.1. The molecule has 2 N–H and O–H groups in total. The van der Waals surface area contributed by atoms with Gasteiger partial charge < -0.3 is 10.6 Å². The van der Waals surface area contributed by atoms with E-state index in [1.165, 1.54) is 6.07 Å². The minimum atomic E-state index is -0.291. The summed E-state index contributed by atoms with van der Waals surface area (Å²) in [5.41, 5.74) is 0.502. The Balaban J connectivity index is 2.37. The molecule has 0 saturated heterocycles. The van der Waals surface area contributed by atoms with Crippen LogP contribution in [0, 0.1) is 5.82 Å². The van der Waals surface area contributed by atoms with Crippen LogP contribution in [0.15, 0.2) is 24.3 Å². The molecule has 0 aliphatic carbocycles. The number of halogens is 1. The average Bonchev–Trinajstić information content (AvgIpc) is 2.25. The summed E-state index contributed by atoms with van der Waals surface area (Å²) in [7, 11) is 0. The van der Waals surface area contributed by atoms with Crippen LogP contribution >= 0.6 is 0 Å². The first-order chi connectivity index (χ1) is 7.24. The predicted octanol–water partition coefficient (Wildman–Crippen LogP) is 1.05. The zero-order valence-electron chi connectivity index (χ0n) is 8.72.